The molecule has 0 saturated carbocycles. The Hall–Kier alpha value is -0.520. The van der Waals surface area contributed by atoms with Crippen LogP contribution in [0.3, 0.4) is 0 Å². The van der Waals surface area contributed by atoms with Gasteiger partial charge < -0.3 is 10.6 Å². The molecule has 2 heterocycles. The number of thioether (sulfide) groups is 1. The molecular formula is C17H23BrN2OS. The summed E-state index contributed by atoms with van der Waals surface area (Å²) in [6.07, 6.45) is 4.71. The molecule has 2 atom stereocenters. The molecule has 2 N–H and O–H groups in total. The summed E-state index contributed by atoms with van der Waals surface area (Å²) in [5.41, 5.74) is 2.43. The molecule has 2 aliphatic rings. The number of fused-ring (bicyclic) bond motifs is 2. The average Bonchev–Trinajstić information content (AvgIpc) is 2.80. The first kappa shape index (κ1) is 16.3. The van der Waals surface area contributed by atoms with Gasteiger partial charge in [0.15, 0.2) is 0 Å². The van der Waals surface area contributed by atoms with Crippen molar-refractivity contribution in [2.75, 3.05) is 5.75 Å². The van der Waals surface area contributed by atoms with Crippen molar-refractivity contribution in [3.05, 3.63) is 27.7 Å². The van der Waals surface area contributed by atoms with Crippen LogP contribution in [0.2, 0.25) is 0 Å². The van der Waals surface area contributed by atoms with Crippen LogP contribution in [0.4, 0.5) is 0 Å². The summed E-state index contributed by atoms with van der Waals surface area (Å²) in [4.78, 5) is 13.4. The first-order valence-corrected chi connectivity index (χ1v) is 9.74. The Balaban J connectivity index is 1.51. The van der Waals surface area contributed by atoms with Gasteiger partial charge in [0.25, 0.3) is 0 Å². The van der Waals surface area contributed by atoms with Crippen molar-refractivity contribution < 1.29 is 4.79 Å². The van der Waals surface area contributed by atoms with Gasteiger partial charge in [-0.3, -0.25) is 4.79 Å². The van der Waals surface area contributed by atoms with Crippen molar-refractivity contribution in [3.8, 4) is 0 Å². The number of carbonyl (C=O) groups is 1. The van der Waals surface area contributed by atoms with Crippen LogP contribution in [0.5, 0.6) is 0 Å². The van der Waals surface area contributed by atoms with E-state index in [1.54, 1.807) is 11.8 Å². The van der Waals surface area contributed by atoms with Gasteiger partial charge in [-0.2, -0.15) is 0 Å². The molecule has 22 heavy (non-hydrogen) atoms. The minimum absolute atomic E-state index is 0.163. The van der Waals surface area contributed by atoms with Crippen LogP contribution in [-0.4, -0.2) is 29.8 Å². The molecule has 5 heteroatoms. The summed E-state index contributed by atoms with van der Waals surface area (Å²) < 4.78 is 1.13. The molecule has 2 bridgehead atoms. The first-order chi connectivity index (χ1) is 10.5. The quantitative estimate of drug-likeness (QED) is 0.782. The molecular weight excluding hydrogens is 360 g/mol. The van der Waals surface area contributed by atoms with Crippen LogP contribution in [0.25, 0.3) is 0 Å². The monoisotopic (exact) mass is 382 g/mol. The maximum Gasteiger partial charge on any atom is 0.230 e. The van der Waals surface area contributed by atoms with E-state index < -0.39 is 0 Å². The molecule has 1 aromatic rings. The van der Waals surface area contributed by atoms with E-state index >= 15 is 0 Å². The van der Waals surface area contributed by atoms with Crippen molar-refractivity contribution in [3.63, 3.8) is 0 Å². The third kappa shape index (κ3) is 3.87. The molecule has 0 radical (unpaired) electrons. The van der Waals surface area contributed by atoms with Gasteiger partial charge in [-0.15, -0.1) is 11.8 Å². The van der Waals surface area contributed by atoms with Gasteiger partial charge in [0.05, 0.1) is 5.75 Å². The van der Waals surface area contributed by atoms with Crippen LogP contribution in [0.15, 0.2) is 21.5 Å². The van der Waals surface area contributed by atoms with E-state index in [4.69, 9.17) is 0 Å². The largest absolute Gasteiger partial charge is 0.353 e. The Morgan fingerprint density at radius 3 is 2.64 bits per heavy atom. The smallest absolute Gasteiger partial charge is 0.230 e. The molecule has 3 rings (SSSR count). The molecule has 1 amide bonds. The maximum atomic E-state index is 12.2. The van der Waals surface area contributed by atoms with E-state index in [0.717, 1.165) is 17.3 Å². The highest BCUT2D eigenvalue weighted by Gasteiger charge is 2.33. The van der Waals surface area contributed by atoms with Gasteiger partial charge in [0.2, 0.25) is 5.91 Å². The molecule has 0 aromatic heterocycles. The summed E-state index contributed by atoms with van der Waals surface area (Å²) in [7, 11) is 0. The summed E-state index contributed by atoms with van der Waals surface area (Å²) >= 11 is 5.18. The standard InChI is InChI=1S/C17H23BrN2OS/c1-10-6-16(11(2)5-15(10)18)22-9-17(21)20-14-7-12-3-4-13(8-14)19-12/h5-6,12-14,19H,3-4,7-9H2,1-2H3,(H,20,21). The zero-order valence-electron chi connectivity index (χ0n) is 13.1. The molecule has 2 aliphatic heterocycles. The minimum Gasteiger partial charge on any atom is -0.353 e. The molecule has 120 valence electrons. The number of hydrogen-bond acceptors (Lipinski definition) is 3. The fraction of sp³-hybridized carbons (Fsp3) is 0.588. The van der Waals surface area contributed by atoms with Crippen LogP contribution >= 0.6 is 27.7 Å². The molecule has 2 saturated heterocycles. The van der Waals surface area contributed by atoms with Gasteiger partial charge in [0, 0.05) is 27.5 Å². The first-order valence-electron chi connectivity index (χ1n) is 7.96. The number of aryl methyl sites for hydroxylation is 2. The second-order valence-corrected chi connectivity index (χ2v) is 8.40. The number of rotatable bonds is 4. The third-order valence-corrected chi connectivity index (χ3v) is 6.66. The van der Waals surface area contributed by atoms with Crippen molar-refractivity contribution in [2.24, 2.45) is 0 Å². The van der Waals surface area contributed by atoms with E-state index in [2.05, 4.69) is 52.5 Å². The van der Waals surface area contributed by atoms with Gasteiger partial charge in [-0.05, 0) is 62.8 Å². The Morgan fingerprint density at radius 1 is 1.27 bits per heavy atom. The summed E-state index contributed by atoms with van der Waals surface area (Å²) in [6, 6.07) is 5.88. The number of carbonyl (C=O) groups excluding carboxylic acids is 1. The molecule has 3 nitrogen and oxygen atoms in total. The topological polar surface area (TPSA) is 41.1 Å². The van der Waals surface area contributed by atoms with Crippen LogP contribution < -0.4 is 10.6 Å². The lowest BCUT2D eigenvalue weighted by atomic mass is 10.00. The van der Waals surface area contributed by atoms with Crippen LogP contribution in [0, 0.1) is 13.8 Å². The van der Waals surface area contributed by atoms with Gasteiger partial charge in [-0.25, -0.2) is 0 Å². The molecule has 2 fully saturated rings. The summed E-state index contributed by atoms with van der Waals surface area (Å²) in [5, 5.41) is 6.84. The number of benzene rings is 1. The number of hydrogen-bond donors (Lipinski definition) is 2. The van der Waals surface area contributed by atoms with E-state index in [1.807, 2.05) is 0 Å². The molecule has 0 aliphatic carbocycles. The SMILES string of the molecule is Cc1cc(SCC(=O)NC2CC3CCC(C2)N3)c(C)cc1Br. The van der Waals surface area contributed by atoms with E-state index in [9.17, 15) is 4.79 Å². The van der Waals surface area contributed by atoms with E-state index in [0.29, 0.717) is 23.9 Å². The molecule has 0 spiro atoms. The molecule has 1 aromatic carbocycles. The highest BCUT2D eigenvalue weighted by molar-refractivity contribution is 9.10. The maximum absolute atomic E-state index is 12.2. The highest BCUT2D eigenvalue weighted by atomic mass is 79.9. The lowest BCUT2D eigenvalue weighted by Crippen LogP contribution is -2.48. The third-order valence-electron chi connectivity index (χ3n) is 4.65. The number of amides is 1. The van der Waals surface area contributed by atoms with Crippen LogP contribution in [0.1, 0.15) is 36.8 Å². The van der Waals surface area contributed by atoms with Crippen molar-refractivity contribution >= 4 is 33.6 Å². The highest BCUT2D eigenvalue weighted by Crippen LogP contribution is 2.29. The van der Waals surface area contributed by atoms with E-state index in [-0.39, 0.29) is 5.91 Å². The predicted molar refractivity (Wildman–Crippen MR) is 95.5 cm³/mol. The lowest BCUT2D eigenvalue weighted by Gasteiger charge is -2.29. The second kappa shape index (κ2) is 6.93. The predicted octanol–water partition coefficient (Wildman–Crippen LogP) is 3.56. The summed E-state index contributed by atoms with van der Waals surface area (Å²) in [5.74, 6) is 0.664. The van der Waals surface area contributed by atoms with E-state index in [1.165, 1.54) is 28.9 Å². The number of halogens is 1. The van der Waals surface area contributed by atoms with Crippen molar-refractivity contribution in [2.45, 2.75) is 62.6 Å². The number of piperidine rings is 1. The lowest BCUT2D eigenvalue weighted by molar-refractivity contribution is -0.119. The minimum atomic E-state index is 0.163. The van der Waals surface area contributed by atoms with Crippen molar-refractivity contribution in [1.82, 2.24) is 10.6 Å². The second-order valence-electron chi connectivity index (χ2n) is 6.53. The zero-order chi connectivity index (χ0) is 15.7. The van der Waals surface area contributed by atoms with Gasteiger partial charge in [-0.1, -0.05) is 15.9 Å². The van der Waals surface area contributed by atoms with Gasteiger partial charge >= 0.3 is 0 Å². The zero-order valence-corrected chi connectivity index (χ0v) is 15.5. The van der Waals surface area contributed by atoms with Crippen LogP contribution in [-0.2, 0) is 4.79 Å². The average molecular weight is 383 g/mol. The Bertz CT molecular complexity index is 566. The Kier molecular flexibility index (Phi) is 5.15. The fourth-order valence-electron chi connectivity index (χ4n) is 3.50. The number of nitrogens with one attached hydrogen (secondary N) is 2. The summed E-state index contributed by atoms with van der Waals surface area (Å²) in [6.45, 7) is 4.17. The van der Waals surface area contributed by atoms with Crippen molar-refractivity contribution in [1.29, 1.82) is 0 Å². The fourth-order valence-corrected chi connectivity index (χ4v) is 4.87. The normalized spacial score (nSPS) is 27.0. The Morgan fingerprint density at radius 2 is 1.95 bits per heavy atom. The Labute approximate surface area is 145 Å². The molecule has 2 unspecified atom stereocenters. The van der Waals surface area contributed by atoms with Gasteiger partial charge in [0.1, 0.15) is 0 Å².